The van der Waals surface area contributed by atoms with E-state index in [4.69, 9.17) is 0 Å². The lowest BCUT2D eigenvalue weighted by Gasteiger charge is -2.35. The van der Waals surface area contributed by atoms with Gasteiger partial charge in [0.2, 0.25) is 0 Å². The maximum Gasteiger partial charge on any atom is 0.416 e. The number of halogens is 6. The molecule has 2 heterocycles. The third-order valence-electron chi connectivity index (χ3n) is 10.5. The fourth-order valence-electron chi connectivity index (χ4n) is 7.86. The largest absolute Gasteiger partial charge is 0.416 e. The van der Waals surface area contributed by atoms with Crippen LogP contribution in [-0.4, -0.2) is 15.8 Å². The van der Waals surface area contributed by atoms with Crippen LogP contribution in [0.25, 0.3) is 21.8 Å². The highest BCUT2D eigenvalue weighted by atomic mass is 19.4. The number of aromatic nitrogens is 2. The number of rotatable bonds is 12. The number of aromatic amines is 2. The van der Waals surface area contributed by atoms with Crippen LogP contribution in [0.1, 0.15) is 57.3 Å². The highest BCUT2D eigenvalue weighted by Gasteiger charge is 2.43. The third kappa shape index (κ3) is 7.80. The van der Waals surface area contributed by atoms with E-state index >= 15 is 4.79 Å². The molecule has 292 valence electrons. The average Bonchev–Trinajstić information content (AvgIpc) is 3.85. The maximum absolute atomic E-state index is 16.3. The van der Waals surface area contributed by atoms with Crippen molar-refractivity contribution in [2.24, 2.45) is 0 Å². The van der Waals surface area contributed by atoms with Crippen molar-refractivity contribution in [2.45, 2.75) is 36.3 Å². The van der Waals surface area contributed by atoms with Crippen LogP contribution >= 0.6 is 0 Å². The molecule has 0 fully saturated rings. The Morgan fingerprint density at radius 2 is 0.845 bits per heavy atom. The highest BCUT2D eigenvalue weighted by Crippen LogP contribution is 2.47. The molecule has 0 aliphatic carbocycles. The SMILES string of the molecule is O=C(C(c1c[nH]c2ccccc12)C(Nc1cccc(C(F)(F)F)c1)c1ccccc1)C(c1c[nH]c2ccccc12)C(Nc1cccc(C(F)(F)F)c1)c1ccccc1. The molecule has 0 saturated carbocycles. The Bertz CT molecular complexity index is 2480. The first kappa shape index (κ1) is 38.1. The maximum atomic E-state index is 16.3. The predicted octanol–water partition coefficient (Wildman–Crippen LogP) is 12.8. The van der Waals surface area contributed by atoms with Gasteiger partial charge in [0.1, 0.15) is 0 Å². The smallest absolute Gasteiger partial charge is 0.377 e. The van der Waals surface area contributed by atoms with E-state index in [2.05, 4.69) is 20.6 Å². The molecular formula is C47H36F6N4O. The topological polar surface area (TPSA) is 72.7 Å². The number of alkyl halides is 6. The van der Waals surface area contributed by atoms with E-state index < -0.39 is 47.4 Å². The predicted molar refractivity (Wildman–Crippen MR) is 216 cm³/mol. The summed E-state index contributed by atoms with van der Waals surface area (Å²) in [5, 5.41) is 8.15. The number of hydrogen-bond donors (Lipinski definition) is 4. The fraction of sp³-hybridized carbons (Fsp3) is 0.128. The first-order valence-corrected chi connectivity index (χ1v) is 18.6. The molecule has 2 aromatic heterocycles. The van der Waals surface area contributed by atoms with Gasteiger partial charge in [-0.05, 0) is 70.8 Å². The number of ketones is 1. The second-order valence-corrected chi connectivity index (χ2v) is 14.2. The minimum atomic E-state index is -4.62. The van der Waals surface area contributed by atoms with Crippen LogP contribution in [0.4, 0.5) is 37.7 Å². The van der Waals surface area contributed by atoms with Crippen LogP contribution in [0.15, 0.2) is 170 Å². The Morgan fingerprint density at radius 1 is 0.466 bits per heavy atom. The van der Waals surface area contributed by atoms with Crippen molar-refractivity contribution in [3.05, 3.63) is 203 Å². The molecule has 0 radical (unpaired) electrons. The van der Waals surface area contributed by atoms with Gasteiger partial charge >= 0.3 is 12.4 Å². The molecule has 0 aliphatic rings. The summed E-state index contributed by atoms with van der Waals surface area (Å²) in [6.45, 7) is 0. The monoisotopic (exact) mass is 786 g/mol. The van der Waals surface area contributed by atoms with Gasteiger partial charge in [0.05, 0.1) is 35.0 Å². The lowest BCUT2D eigenvalue weighted by molar-refractivity contribution is -0.138. The van der Waals surface area contributed by atoms with Gasteiger partial charge in [-0.2, -0.15) is 26.3 Å². The zero-order chi connectivity index (χ0) is 40.4. The molecule has 4 atom stereocenters. The summed E-state index contributed by atoms with van der Waals surface area (Å²) in [7, 11) is 0. The van der Waals surface area contributed by atoms with Gasteiger partial charge in [-0.15, -0.1) is 0 Å². The number of carbonyl (C=O) groups is 1. The zero-order valence-corrected chi connectivity index (χ0v) is 30.7. The zero-order valence-electron chi connectivity index (χ0n) is 30.7. The van der Waals surface area contributed by atoms with Gasteiger partial charge in [-0.25, -0.2) is 0 Å². The van der Waals surface area contributed by atoms with E-state index in [0.29, 0.717) is 22.3 Å². The number of para-hydroxylation sites is 2. The summed E-state index contributed by atoms with van der Waals surface area (Å²) in [5.41, 5.74) is 2.49. The van der Waals surface area contributed by atoms with Crippen LogP contribution in [0, 0.1) is 0 Å². The standard InChI is InChI=1S/C47H36F6N4O/c48-46(49,50)31-17-11-19-33(25-31)56-43(29-13-3-1-4-14-29)41(37-27-54-39-23-9-7-21-35(37)39)45(58)42(38-28-55-40-24-10-8-22-36(38)40)44(30-15-5-2-6-16-30)57-34-20-12-18-32(26-34)47(51,52)53/h1-28,41-44,54-57H. The molecule has 8 rings (SSSR count). The number of carbonyl (C=O) groups excluding carboxylic acids is 1. The van der Waals surface area contributed by atoms with Gasteiger partial charge in [0, 0.05) is 45.6 Å². The summed E-state index contributed by atoms with van der Waals surface area (Å²) in [6, 6.07) is 40.8. The first-order valence-electron chi connectivity index (χ1n) is 18.6. The number of H-pyrrole nitrogens is 2. The van der Waals surface area contributed by atoms with Crippen LogP contribution in [0.2, 0.25) is 0 Å². The molecule has 11 heteroatoms. The van der Waals surface area contributed by atoms with Crippen LogP contribution < -0.4 is 10.6 Å². The van der Waals surface area contributed by atoms with Gasteiger partial charge in [0.15, 0.2) is 5.78 Å². The van der Waals surface area contributed by atoms with Gasteiger partial charge in [-0.3, -0.25) is 4.79 Å². The number of nitrogens with one attached hydrogen (secondary N) is 4. The lowest BCUT2D eigenvalue weighted by atomic mass is 9.73. The summed E-state index contributed by atoms with van der Waals surface area (Å²) in [4.78, 5) is 22.9. The van der Waals surface area contributed by atoms with E-state index in [1.54, 1.807) is 36.7 Å². The lowest BCUT2D eigenvalue weighted by Crippen LogP contribution is -2.34. The van der Waals surface area contributed by atoms with Crippen molar-refractivity contribution in [3.8, 4) is 0 Å². The van der Waals surface area contributed by atoms with Crippen LogP contribution in [0.5, 0.6) is 0 Å². The second kappa shape index (κ2) is 15.7. The summed E-state index contributed by atoms with van der Waals surface area (Å²) >= 11 is 0. The van der Waals surface area contributed by atoms with Crippen molar-refractivity contribution in [2.75, 3.05) is 10.6 Å². The number of fused-ring (bicyclic) bond motifs is 2. The molecule has 0 aliphatic heterocycles. The molecule has 0 spiro atoms. The van der Waals surface area contributed by atoms with E-state index in [-0.39, 0.29) is 17.2 Å². The molecule has 8 aromatic rings. The van der Waals surface area contributed by atoms with Crippen LogP contribution in [-0.2, 0) is 17.1 Å². The van der Waals surface area contributed by atoms with E-state index in [1.165, 1.54) is 24.3 Å². The normalized spacial score (nSPS) is 14.2. The van der Waals surface area contributed by atoms with Crippen molar-refractivity contribution in [1.82, 2.24) is 9.97 Å². The number of anilines is 2. The van der Waals surface area contributed by atoms with Crippen molar-refractivity contribution < 1.29 is 31.1 Å². The van der Waals surface area contributed by atoms with Crippen molar-refractivity contribution in [3.63, 3.8) is 0 Å². The molecule has 4 N–H and O–H groups in total. The fourth-order valence-corrected chi connectivity index (χ4v) is 7.86. The third-order valence-corrected chi connectivity index (χ3v) is 10.5. The highest BCUT2D eigenvalue weighted by molar-refractivity contribution is 6.01. The first-order chi connectivity index (χ1) is 28.0. The quantitative estimate of drug-likeness (QED) is 0.0932. The number of hydrogen-bond acceptors (Lipinski definition) is 3. The van der Waals surface area contributed by atoms with Gasteiger partial charge in [0.25, 0.3) is 0 Å². The molecule has 0 amide bonds. The molecule has 58 heavy (non-hydrogen) atoms. The minimum Gasteiger partial charge on any atom is -0.377 e. The summed E-state index contributed by atoms with van der Waals surface area (Å²) in [5.74, 6) is -2.50. The molecular weight excluding hydrogens is 751 g/mol. The molecule has 6 aromatic carbocycles. The molecule has 4 unspecified atom stereocenters. The molecule has 5 nitrogen and oxygen atoms in total. The minimum absolute atomic E-state index is 0.145. The Morgan fingerprint density at radius 3 is 1.24 bits per heavy atom. The molecule has 0 saturated heterocycles. The Labute approximate surface area is 329 Å². The van der Waals surface area contributed by atoms with E-state index in [0.717, 1.165) is 46.1 Å². The Hall–Kier alpha value is -6.75. The van der Waals surface area contributed by atoms with E-state index in [9.17, 15) is 26.3 Å². The van der Waals surface area contributed by atoms with Crippen LogP contribution in [0.3, 0.4) is 0 Å². The van der Waals surface area contributed by atoms with Crippen molar-refractivity contribution >= 4 is 39.0 Å². The van der Waals surface area contributed by atoms with Gasteiger partial charge in [-0.1, -0.05) is 109 Å². The average molecular weight is 787 g/mol. The second-order valence-electron chi connectivity index (χ2n) is 14.2. The van der Waals surface area contributed by atoms with Crippen molar-refractivity contribution in [1.29, 1.82) is 0 Å². The summed E-state index contributed by atoms with van der Waals surface area (Å²) < 4.78 is 84.4. The Balaban J connectivity index is 1.38. The summed E-state index contributed by atoms with van der Waals surface area (Å²) in [6.07, 6.45) is -5.74. The molecule has 0 bridgehead atoms. The van der Waals surface area contributed by atoms with Gasteiger partial charge < -0.3 is 20.6 Å². The number of Topliss-reactive ketones (excluding diaryl/α,β-unsaturated/α-hetero) is 1. The number of benzene rings is 6. The Kier molecular flexibility index (Phi) is 10.3. The van der Waals surface area contributed by atoms with E-state index in [1.807, 2.05) is 84.9 Å².